The van der Waals surface area contributed by atoms with Gasteiger partial charge >= 0.3 is 0 Å². The van der Waals surface area contributed by atoms with Crippen molar-refractivity contribution in [3.05, 3.63) is 42.4 Å². The minimum absolute atomic E-state index is 0.0221. The molecule has 0 aromatic carbocycles. The number of alkyl halides is 1. The Bertz CT molecular complexity index is 1420. The average Bonchev–Trinajstić information content (AvgIpc) is 3.61. The van der Waals surface area contributed by atoms with Crippen LogP contribution in [0.1, 0.15) is 29.2 Å². The normalized spacial score (nSPS) is 24.1. The summed E-state index contributed by atoms with van der Waals surface area (Å²) in [6.07, 6.45) is 5.25. The summed E-state index contributed by atoms with van der Waals surface area (Å²) in [4.78, 5) is 22.4. The second-order valence-corrected chi connectivity index (χ2v) is 8.95. The molecule has 1 aliphatic carbocycles. The number of methoxy groups -OCH3 is 1. The Hall–Kier alpha value is -3.57. The summed E-state index contributed by atoms with van der Waals surface area (Å²) in [5, 5.41) is 11.2. The summed E-state index contributed by atoms with van der Waals surface area (Å²) in [5.41, 5.74) is 3.02. The number of hydrogen-bond acceptors (Lipinski definition) is 7. The molecule has 6 rings (SSSR count). The highest BCUT2D eigenvalue weighted by molar-refractivity contribution is 6.01. The molecule has 0 unspecified atom stereocenters. The highest BCUT2D eigenvalue weighted by Crippen LogP contribution is 2.35. The first-order valence-corrected chi connectivity index (χ1v) is 11.7. The number of anilines is 1. The fourth-order valence-corrected chi connectivity index (χ4v) is 4.85. The number of carbonyl (C=O) groups is 1. The minimum Gasteiger partial charge on any atom is -0.377 e. The van der Waals surface area contributed by atoms with Gasteiger partial charge in [-0.2, -0.15) is 9.61 Å². The van der Waals surface area contributed by atoms with E-state index >= 15 is 0 Å². The van der Waals surface area contributed by atoms with Crippen molar-refractivity contribution >= 4 is 28.4 Å². The van der Waals surface area contributed by atoms with Crippen LogP contribution in [0, 0.1) is 0 Å². The van der Waals surface area contributed by atoms with Crippen molar-refractivity contribution in [2.75, 3.05) is 32.7 Å². The minimum atomic E-state index is -1.01. The summed E-state index contributed by atoms with van der Waals surface area (Å²) in [6, 6.07) is 5.28. The largest absolute Gasteiger partial charge is 0.377 e. The standard InChI is InChI=1S/C24H26FN7O3/c1-26-21-8-18(29-23-14(9-28-32(21)23)24(33)30-17-6-5-16(17)25)15-10-31(19-11-35-12-20(19)34-2)22-13(15)4-3-7-27-22/h3-4,7-10,16-17,19-20,26H,5-6,11-12H2,1-2H3,(H,30,33)/t16-,17+,19+,20+/m1/s1. The molecule has 1 saturated carbocycles. The maximum absolute atomic E-state index is 13.7. The van der Waals surface area contributed by atoms with Crippen molar-refractivity contribution in [3.8, 4) is 11.3 Å². The van der Waals surface area contributed by atoms with E-state index in [0.29, 0.717) is 48.8 Å². The van der Waals surface area contributed by atoms with Gasteiger partial charge in [-0.15, -0.1) is 0 Å². The van der Waals surface area contributed by atoms with Crippen molar-refractivity contribution in [3.63, 3.8) is 0 Å². The van der Waals surface area contributed by atoms with Crippen LogP contribution in [-0.2, 0) is 9.47 Å². The van der Waals surface area contributed by atoms with Gasteiger partial charge in [-0.3, -0.25) is 4.79 Å². The number of amides is 1. The van der Waals surface area contributed by atoms with Crippen LogP contribution < -0.4 is 10.6 Å². The number of hydrogen-bond donors (Lipinski definition) is 2. The molecule has 10 nitrogen and oxygen atoms in total. The summed E-state index contributed by atoms with van der Waals surface area (Å²) in [6.45, 7) is 1.04. The van der Waals surface area contributed by atoms with Crippen LogP contribution in [0.25, 0.3) is 27.9 Å². The number of carbonyl (C=O) groups excluding carboxylic acids is 1. The third kappa shape index (κ3) is 3.53. The topological polar surface area (TPSA) is 108 Å². The van der Waals surface area contributed by atoms with Crippen LogP contribution in [-0.4, -0.2) is 75.7 Å². The lowest BCUT2D eigenvalue weighted by Gasteiger charge is -2.30. The zero-order valence-electron chi connectivity index (χ0n) is 19.4. The Morgan fingerprint density at radius 3 is 2.91 bits per heavy atom. The van der Waals surface area contributed by atoms with Crippen LogP contribution in [0.5, 0.6) is 0 Å². The first kappa shape index (κ1) is 21.9. The number of ether oxygens (including phenoxy) is 2. The van der Waals surface area contributed by atoms with Gasteiger partial charge in [-0.1, -0.05) is 0 Å². The lowest BCUT2D eigenvalue weighted by molar-refractivity contribution is 0.0692. The fourth-order valence-electron chi connectivity index (χ4n) is 4.85. The molecule has 4 aromatic rings. The third-order valence-corrected chi connectivity index (χ3v) is 7.00. The van der Waals surface area contributed by atoms with E-state index in [1.54, 1.807) is 24.9 Å². The van der Waals surface area contributed by atoms with Crippen LogP contribution in [0.2, 0.25) is 0 Å². The first-order chi connectivity index (χ1) is 17.1. The van der Waals surface area contributed by atoms with E-state index in [4.69, 9.17) is 14.5 Å². The van der Waals surface area contributed by atoms with Gasteiger partial charge in [0.2, 0.25) is 0 Å². The summed E-state index contributed by atoms with van der Waals surface area (Å²) >= 11 is 0. The number of pyridine rings is 1. The Labute approximate surface area is 200 Å². The molecule has 2 fully saturated rings. The van der Waals surface area contributed by atoms with Gasteiger partial charge < -0.3 is 24.7 Å². The van der Waals surface area contributed by atoms with Gasteiger partial charge in [-0.25, -0.2) is 14.4 Å². The third-order valence-electron chi connectivity index (χ3n) is 7.00. The van der Waals surface area contributed by atoms with E-state index in [9.17, 15) is 9.18 Å². The van der Waals surface area contributed by atoms with Crippen molar-refractivity contribution in [2.24, 2.45) is 0 Å². The monoisotopic (exact) mass is 479 g/mol. The molecular formula is C24H26FN7O3. The molecule has 11 heteroatoms. The van der Waals surface area contributed by atoms with Gasteiger partial charge in [0, 0.05) is 43.6 Å². The van der Waals surface area contributed by atoms with Crippen molar-refractivity contribution in [1.82, 2.24) is 29.5 Å². The van der Waals surface area contributed by atoms with Crippen molar-refractivity contribution in [2.45, 2.75) is 37.2 Å². The first-order valence-electron chi connectivity index (χ1n) is 11.7. The molecule has 0 bridgehead atoms. The van der Waals surface area contributed by atoms with Crippen molar-refractivity contribution in [1.29, 1.82) is 0 Å². The zero-order valence-corrected chi connectivity index (χ0v) is 19.4. The molecule has 0 radical (unpaired) electrons. The molecule has 1 amide bonds. The van der Waals surface area contributed by atoms with Gasteiger partial charge in [0.15, 0.2) is 5.65 Å². The molecule has 1 aliphatic heterocycles. The van der Waals surface area contributed by atoms with E-state index in [2.05, 4.69) is 25.3 Å². The highest BCUT2D eigenvalue weighted by Gasteiger charge is 2.34. The molecule has 182 valence electrons. The van der Waals surface area contributed by atoms with E-state index in [1.807, 2.05) is 24.4 Å². The zero-order chi connectivity index (χ0) is 24.1. The van der Waals surface area contributed by atoms with E-state index < -0.39 is 12.2 Å². The van der Waals surface area contributed by atoms with Gasteiger partial charge in [0.1, 0.15) is 29.3 Å². The smallest absolute Gasteiger partial charge is 0.257 e. The quantitative estimate of drug-likeness (QED) is 0.438. The molecule has 2 aliphatic rings. The average molecular weight is 480 g/mol. The molecule has 5 heterocycles. The molecule has 0 spiro atoms. The van der Waals surface area contributed by atoms with E-state index in [0.717, 1.165) is 16.6 Å². The molecule has 35 heavy (non-hydrogen) atoms. The Morgan fingerprint density at radius 1 is 1.29 bits per heavy atom. The molecular weight excluding hydrogens is 453 g/mol. The molecule has 4 aromatic heterocycles. The number of rotatable bonds is 6. The van der Waals surface area contributed by atoms with Crippen molar-refractivity contribution < 1.29 is 18.7 Å². The maximum Gasteiger partial charge on any atom is 0.257 e. The number of halogens is 1. The summed E-state index contributed by atoms with van der Waals surface area (Å²) < 4.78 is 28.7. The van der Waals surface area contributed by atoms with Gasteiger partial charge in [0.05, 0.1) is 37.2 Å². The Kier molecular flexibility index (Phi) is 5.37. The number of nitrogens with one attached hydrogen (secondary N) is 2. The highest BCUT2D eigenvalue weighted by atomic mass is 19.1. The van der Waals surface area contributed by atoms with Crippen LogP contribution in [0.15, 0.2) is 36.8 Å². The predicted octanol–water partition coefficient (Wildman–Crippen LogP) is 2.60. The lowest BCUT2D eigenvalue weighted by atomic mass is 9.90. The number of fused-ring (bicyclic) bond motifs is 2. The van der Waals surface area contributed by atoms with Crippen LogP contribution in [0.4, 0.5) is 10.2 Å². The molecule has 4 atom stereocenters. The Balaban J connectivity index is 1.47. The maximum atomic E-state index is 13.7. The lowest BCUT2D eigenvalue weighted by Crippen LogP contribution is -2.48. The van der Waals surface area contributed by atoms with E-state index in [-0.39, 0.29) is 18.1 Å². The SMILES string of the molecule is CNc1cc(-c2cn([C@H]3COC[C@@H]3OC)c3ncccc23)nc2c(C(=O)N[C@H]3CC[C@H]3F)cnn12. The second-order valence-electron chi connectivity index (χ2n) is 8.95. The summed E-state index contributed by atoms with van der Waals surface area (Å²) in [5.74, 6) is 0.286. The summed E-state index contributed by atoms with van der Waals surface area (Å²) in [7, 11) is 3.47. The van der Waals surface area contributed by atoms with Gasteiger partial charge in [-0.05, 0) is 25.0 Å². The van der Waals surface area contributed by atoms with Crippen LogP contribution in [0.3, 0.4) is 0 Å². The van der Waals surface area contributed by atoms with E-state index in [1.165, 1.54) is 6.20 Å². The van der Waals surface area contributed by atoms with Crippen LogP contribution >= 0.6 is 0 Å². The fraction of sp³-hybridized carbons (Fsp3) is 0.417. The number of nitrogens with zero attached hydrogens (tertiary/aromatic N) is 5. The molecule has 2 N–H and O–H groups in total. The molecule has 1 saturated heterocycles. The second kappa shape index (κ2) is 8.58. The number of aromatic nitrogens is 5. The Morgan fingerprint density at radius 2 is 2.17 bits per heavy atom. The predicted molar refractivity (Wildman–Crippen MR) is 127 cm³/mol. The van der Waals surface area contributed by atoms with Gasteiger partial charge in [0.25, 0.3) is 5.91 Å².